The minimum absolute atomic E-state index is 0. The van der Waals surface area contributed by atoms with Gasteiger partial charge in [-0.2, -0.15) is 0 Å². The Morgan fingerprint density at radius 2 is 2.44 bits per heavy atom. The second kappa shape index (κ2) is 1.81. The molecule has 0 bridgehead atoms. The molecule has 2 rings (SSSR count). The summed E-state index contributed by atoms with van der Waals surface area (Å²) in [5.41, 5.74) is 0. The van der Waals surface area contributed by atoms with Crippen LogP contribution in [0.3, 0.4) is 0 Å². The van der Waals surface area contributed by atoms with Crippen molar-refractivity contribution >= 4 is 21.4 Å². The summed E-state index contributed by atoms with van der Waals surface area (Å²) in [6.07, 6.45) is 3.70. The number of rotatable bonds is 0. The van der Waals surface area contributed by atoms with Crippen molar-refractivity contribution in [1.29, 1.82) is 0 Å². The van der Waals surface area contributed by atoms with Gasteiger partial charge in [-0.05, 0) is 17.5 Å². The van der Waals surface area contributed by atoms with E-state index in [4.69, 9.17) is 0 Å². The number of nitrogens with zero attached hydrogens (tertiary/aromatic N) is 1. The van der Waals surface area contributed by atoms with Crippen LogP contribution in [0.5, 0.6) is 0 Å². The molecule has 0 amide bonds. The van der Waals surface area contributed by atoms with Gasteiger partial charge >= 0.3 is 1.43 Å². The second-order valence-corrected chi connectivity index (χ2v) is 2.78. The quantitative estimate of drug-likeness (QED) is 0.542. The predicted octanol–water partition coefficient (Wildman–Crippen LogP) is 2.41. The third-order valence-electron chi connectivity index (χ3n) is 1.25. The minimum Gasteiger partial charge on any atom is -0.264 e. The fourth-order valence-corrected chi connectivity index (χ4v) is 1.56. The number of aromatic nitrogens is 1. The number of pyridine rings is 1. The van der Waals surface area contributed by atoms with Crippen LogP contribution in [0, 0.1) is 0 Å². The van der Waals surface area contributed by atoms with Gasteiger partial charge < -0.3 is 0 Å². The molecular formula is C7H6NS+. The first-order chi connectivity index (χ1) is 4.47. The average molecular weight is 136 g/mol. The highest BCUT2D eigenvalue weighted by Gasteiger charge is 1.88. The molecule has 0 aliphatic carbocycles. The van der Waals surface area contributed by atoms with Gasteiger partial charge in [-0.3, -0.25) is 4.98 Å². The SMILES string of the molecule is [H+].c1cc2sccc2cn1. The van der Waals surface area contributed by atoms with Crippen LogP contribution in [0.15, 0.2) is 29.9 Å². The summed E-state index contributed by atoms with van der Waals surface area (Å²) in [6, 6.07) is 4.10. The smallest absolute Gasteiger partial charge is 0.264 e. The van der Waals surface area contributed by atoms with Crippen molar-refractivity contribution in [3.05, 3.63) is 29.9 Å². The van der Waals surface area contributed by atoms with Crippen molar-refractivity contribution in [3.63, 3.8) is 0 Å². The van der Waals surface area contributed by atoms with Crippen molar-refractivity contribution in [2.45, 2.75) is 0 Å². The predicted molar refractivity (Wildman–Crippen MR) is 40.7 cm³/mol. The van der Waals surface area contributed by atoms with Crippen molar-refractivity contribution in [2.75, 3.05) is 0 Å². The largest absolute Gasteiger partial charge is 1.00 e. The van der Waals surface area contributed by atoms with Crippen molar-refractivity contribution in [1.82, 2.24) is 4.98 Å². The van der Waals surface area contributed by atoms with E-state index in [2.05, 4.69) is 16.4 Å². The molecule has 2 aromatic rings. The molecule has 0 aliphatic heterocycles. The molecule has 0 fully saturated rings. The van der Waals surface area contributed by atoms with Crippen LogP contribution >= 0.6 is 11.3 Å². The fourth-order valence-electron chi connectivity index (χ4n) is 0.807. The lowest BCUT2D eigenvalue weighted by molar-refractivity contribution is 1.37. The van der Waals surface area contributed by atoms with Gasteiger partial charge in [-0.15, -0.1) is 11.3 Å². The molecule has 2 aromatic heterocycles. The molecule has 1 nitrogen and oxygen atoms in total. The van der Waals surface area contributed by atoms with Gasteiger partial charge in [-0.25, -0.2) is 0 Å². The molecule has 0 saturated heterocycles. The second-order valence-electron chi connectivity index (χ2n) is 1.83. The van der Waals surface area contributed by atoms with Gasteiger partial charge in [0, 0.05) is 22.5 Å². The summed E-state index contributed by atoms with van der Waals surface area (Å²) in [4.78, 5) is 3.99. The lowest BCUT2D eigenvalue weighted by Crippen LogP contribution is -1.64. The van der Waals surface area contributed by atoms with Crippen LogP contribution in [0.2, 0.25) is 0 Å². The summed E-state index contributed by atoms with van der Waals surface area (Å²) < 4.78 is 1.31. The first-order valence-electron chi connectivity index (χ1n) is 2.74. The molecule has 44 valence electrons. The number of hydrogen-bond donors (Lipinski definition) is 0. The topological polar surface area (TPSA) is 12.9 Å². The molecule has 2 heteroatoms. The highest BCUT2D eigenvalue weighted by Crippen LogP contribution is 2.17. The maximum atomic E-state index is 3.99. The summed E-state index contributed by atoms with van der Waals surface area (Å²) in [6.45, 7) is 0. The van der Waals surface area contributed by atoms with Crippen LogP contribution in [0.4, 0.5) is 0 Å². The van der Waals surface area contributed by atoms with E-state index < -0.39 is 0 Å². The molecule has 2 heterocycles. The molecule has 0 radical (unpaired) electrons. The van der Waals surface area contributed by atoms with E-state index in [0.717, 1.165) is 0 Å². The monoisotopic (exact) mass is 136 g/mol. The molecule has 0 atom stereocenters. The Balaban J connectivity index is 0.000000500. The van der Waals surface area contributed by atoms with E-state index in [1.807, 2.05) is 18.5 Å². The first kappa shape index (κ1) is 4.94. The van der Waals surface area contributed by atoms with E-state index in [1.54, 1.807) is 11.3 Å². The van der Waals surface area contributed by atoms with Crippen LogP contribution in [0.25, 0.3) is 10.1 Å². The van der Waals surface area contributed by atoms with Gasteiger partial charge in [-0.1, -0.05) is 0 Å². The zero-order chi connectivity index (χ0) is 6.10. The summed E-state index contributed by atoms with van der Waals surface area (Å²) >= 11 is 1.75. The normalized spacial score (nSPS) is 10.2. The number of hydrogen-bond acceptors (Lipinski definition) is 2. The molecule has 0 N–H and O–H groups in total. The van der Waals surface area contributed by atoms with E-state index in [1.165, 1.54) is 10.1 Å². The van der Waals surface area contributed by atoms with Gasteiger partial charge in [0.05, 0.1) is 0 Å². The van der Waals surface area contributed by atoms with Crippen molar-refractivity contribution < 1.29 is 1.43 Å². The van der Waals surface area contributed by atoms with Crippen LogP contribution in [0.1, 0.15) is 1.43 Å². The molecule has 0 saturated carbocycles. The maximum Gasteiger partial charge on any atom is 1.00 e. The van der Waals surface area contributed by atoms with Crippen LogP contribution in [-0.4, -0.2) is 4.98 Å². The Labute approximate surface area is 58.5 Å². The van der Waals surface area contributed by atoms with E-state index >= 15 is 0 Å². The van der Waals surface area contributed by atoms with E-state index in [0.29, 0.717) is 0 Å². The van der Waals surface area contributed by atoms with Crippen LogP contribution < -0.4 is 0 Å². The molecular weight excluding hydrogens is 130 g/mol. The van der Waals surface area contributed by atoms with Gasteiger partial charge in [0.1, 0.15) is 0 Å². The highest BCUT2D eigenvalue weighted by molar-refractivity contribution is 7.17. The molecule has 0 unspecified atom stereocenters. The van der Waals surface area contributed by atoms with E-state index in [9.17, 15) is 0 Å². The average Bonchev–Trinajstić information content (AvgIpc) is 2.33. The minimum atomic E-state index is 0. The molecule has 0 aromatic carbocycles. The highest BCUT2D eigenvalue weighted by atomic mass is 32.1. The Hall–Kier alpha value is -0.890. The Kier molecular flexibility index (Phi) is 0.993. The van der Waals surface area contributed by atoms with Gasteiger partial charge in [0.15, 0.2) is 0 Å². The Morgan fingerprint density at radius 3 is 3.33 bits per heavy atom. The fraction of sp³-hybridized carbons (Fsp3) is 0. The third kappa shape index (κ3) is 0.715. The van der Waals surface area contributed by atoms with Gasteiger partial charge in [0.25, 0.3) is 0 Å². The summed E-state index contributed by atoms with van der Waals surface area (Å²) in [7, 11) is 0. The number of fused-ring (bicyclic) bond motifs is 1. The van der Waals surface area contributed by atoms with E-state index in [-0.39, 0.29) is 1.43 Å². The van der Waals surface area contributed by atoms with Gasteiger partial charge in [0.2, 0.25) is 0 Å². The summed E-state index contributed by atoms with van der Waals surface area (Å²) in [5, 5.41) is 3.31. The lowest BCUT2D eigenvalue weighted by Gasteiger charge is -1.81. The Bertz CT molecular complexity index is 288. The zero-order valence-corrected chi connectivity index (χ0v) is 5.56. The molecule has 0 aliphatic rings. The standard InChI is InChI=1S/C7H5NS/c1-3-8-5-6-2-4-9-7(1)6/h1-5H/p+1. The van der Waals surface area contributed by atoms with Crippen molar-refractivity contribution in [2.24, 2.45) is 0 Å². The maximum absolute atomic E-state index is 3.99. The third-order valence-corrected chi connectivity index (χ3v) is 2.15. The lowest BCUT2D eigenvalue weighted by atomic mass is 10.4. The number of thiophene rings is 1. The first-order valence-corrected chi connectivity index (χ1v) is 3.62. The molecule has 9 heavy (non-hydrogen) atoms. The van der Waals surface area contributed by atoms with Crippen molar-refractivity contribution in [3.8, 4) is 0 Å². The Morgan fingerprint density at radius 1 is 1.44 bits per heavy atom. The molecule has 0 spiro atoms. The summed E-state index contributed by atoms with van der Waals surface area (Å²) in [5.74, 6) is 0. The van der Waals surface area contributed by atoms with Crippen LogP contribution in [-0.2, 0) is 0 Å². The zero-order valence-electron chi connectivity index (χ0n) is 5.74.